The summed E-state index contributed by atoms with van der Waals surface area (Å²) in [6, 6.07) is 20.4. The number of hydrogen-bond acceptors (Lipinski definition) is 4. The molecule has 9 heteroatoms. The fourth-order valence-corrected chi connectivity index (χ4v) is 4.10. The molecule has 0 aromatic heterocycles. The van der Waals surface area contributed by atoms with Gasteiger partial charge in [-0.05, 0) is 48.0 Å². The molecule has 0 aliphatic heterocycles. The van der Waals surface area contributed by atoms with Crippen molar-refractivity contribution >= 4 is 49.1 Å². The zero-order chi connectivity index (χ0) is 21.6. The van der Waals surface area contributed by atoms with Gasteiger partial charge in [-0.1, -0.05) is 57.9 Å². The Morgan fingerprint density at radius 1 is 1.00 bits per heavy atom. The number of ether oxygens (including phenoxy) is 1. The van der Waals surface area contributed by atoms with E-state index in [1.165, 1.54) is 18.2 Å². The van der Waals surface area contributed by atoms with Crippen molar-refractivity contribution in [2.24, 2.45) is 0 Å². The predicted octanol–water partition coefficient (Wildman–Crippen LogP) is 4.60. The number of sulfonamides is 1. The first-order chi connectivity index (χ1) is 14.3. The smallest absolute Gasteiger partial charge is 0.262 e. The summed E-state index contributed by atoms with van der Waals surface area (Å²) >= 11 is 9.48. The summed E-state index contributed by atoms with van der Waals surface area (Å²) < 4.78 is 33.8. The van der Waals surface area contributed by atoms with Gasteiger partial charge in [-0.2, -0.15) is 0 Å². The Balaban J connectivity index is 1.58. The van der Waals surface area contributed by atoms with Gasteiger partial charge in [0.05, 0.1) is 9.92 Å². The maximum atomic E-state index is 12.5. The number of nitrogens with one attached hydrogen (secondary N) is 2. The molecule has 0 aliphatic rings. The molecule has 0 atom stereocenters. The van der Waals surface area contributed by atoms with Crippen molar-refractivity contribution in [3.05, 3.63) is 87.9 Å². The predicted molar refractivity (Wildman–Crippen MR) is 120 cm³/mol. The van der Waals surface area contributed by atoms with Crippen LogP contribution in [0.1, 0.15) is 5.56 Å². The van der Waals surface area contributed by atoms with E-state index in [1.54, 1.807) is 24.3 Å². The third-order valence-electron chi connectivity index (χ3n) is 4.01. The average molecular weight is 510 g/mol. The van der Waals surface area contributed by atoms with Crippen LogP contribution in [0.2, 0.25) is 5.02 Å². The van der Waals surface area contributed by atoms with Crippen LogP contribution in [-0.2, 0) is 21.4 Å². The molecule has 1 amide bonds. The van der Waals surface area contributed by atoms with E-state index < -0.39 is 10.0 Å². The van der Waals surface area contributed by atoms with Crippen LogP contribution >= 0.6 is 27.5 Å². The van der Waals surface area contributed by atoms with Crippen LogP contribution < -0.4 is 14.8 Å². The fourth-order valence-electron chi connectivity index (χ4n) is 2.50. The molecular formula is C21H18BrClN2O4S. The first-order valence-corrected chi connectivity index (χ1v) is 11.5. The second kappa shape index (κ2) is 10.1. The van der Waals surface area contributed by atoms with Gasteiger partial charge in [0, 0.05) is 16.7 Å². The Kier molecular flexibility index (Phi) is 7.49. The van der Waals surface area contributed by atoms with Gasteiger partial charge in [0.1, 0.15) is 5.75 Å². The number of halogens is 2. The largest absolute Gasteiger partial charge is 0.482 e. The molecule has 0 fully saturated rings. The van der Waals surface area contributed by atoms with Gasteiger partial charge in [-0.15, -0.1) is 0 Å². The highest BCUT2D eigenvalue weighted by atomic mass is 79.9. The molecule has 3 rings (SSSR count). The Labute approximate surface area is 188 Å². The number of hydrogen-bond donors (Lipinski definition) is 2. The summed E-state index contributed by atoms with van der Waals surface area (Å²) in [4.78, 5) is 12.0. The van der Waals surface area contributed by atoms with Gasteiger partial charge < -0.3 is 10.1 Å². The normalized spacial score (nSPS) is 11.1. The van der Waals surface area contributed by atoms with Crippen LogP contribution in [0.25, 0.3) is 0 Å². The molecule has 3 aromatic carbocycles. The van der Waals surface area contributed by atoms with E-state index in [0.717, 1.165) is 10.0 Å². The quantitative estimate of drug-likeness (QED) is 0.465. The molecule has 30 heavy (non-hydrogen) atoms. The van der Waals surface area contributed by atoms with E-state index in [9.17, 15) is 13.2 Å². The van der Waals surface area contributed by atoms with Gasteiger partial charge >= 0.3 is 0 Å². The Hall–Kier alpha value is -2.39. The topological polar surface area (TPSA) is 84.5 Å². The highest BCUT2D eigenvalue weighted by Gasteiger charge is 2.16. The average Bonchev–Trinajstić information content (AvgIpc) is 2.74. The highest BCUT2D eigenvalue weighted by molar-refractivity contribution is 9.10. The molecule has 0 heterocycles. The van der Waals surface area contributed by atoms with Crippen LogP contribution in [0, 0.1) is 0 Å². The Morgan fingerprint density at radius 3 is 2.37 bits per heavy atom. The van der Waals surface area contributed by atoms with Crippen molar-refractivity contribution < 1.29 is 17.9 Å². The fraction of sp³-hybridized carbons (Fsp3) is 0.0952. The number of rotatable bonds is 8. The van der Waals surface area contributed by atoms with Crippen molar-refractivity contribution in [1.82, 2.24) is 4.72 Å². The standard InChI is InChI=1S/C21H18BrClN2O4S/c22-16-6-8-17(9-7-16)25-21(26)14-29-20-11-10-18(12-19(20)23)30(27,28)24-13-15-4-2-1-3-5-15/h1-12,24H,13-14H2,(H,25,26). The van der Waals surface area contributed by atoms with Crippen LogP contribution in [0.5, 0.6) is 5.75 Å². The number of amides is 1. The lowest BCUT2D eigenvalue weighted by molar-refractivity contribution is -0.118. The lowest BCUT2D eigenvalue weighted by atomic mass is 10.2. The zero-order valence-electron chi connectivity index (χ0n) is 15.6. The second-order valence-electron chi connectivity index (χ2n) is 6.25. The van der Waals surface area contributed by atoms with Crippen molar-refractivity contribution in [3.63, 3.8) is 0 Å². The lowest BCUT2D eigenvalue weighted by Crippen LogP contribution is -2.23. The number of benzene rings is 3. The highest BCUT2D eigenvalue weighted by Crippen LogP contribution is 2.27. The van der Waals surface area contributed by atoms with Crippen molar-refractivity contribution in [2.45, 2.75) is 11.4 Å². The van der Waals surface area contributed by atoms with E-state index in [1.807, 2.05) is 30.3 Å². The number of carbonyl (C=O) groups is 1. The minimum atomic E-state index is -3.75. The Morgan fingerprint density at radius 2 is 1.70 bits per heavy atom. The second-order valence-corrected chi connectivity index (χ2v) is 9.34. The molecule has 6 nitrogen and oxygen atoms in total. The van der Waals surface area contributed by atoms with Crippen molar-refractivity contribution in [2.75, 3.05) is 11.9 Å². The summed E-state index contributed by atoms with van der Waals surface area (Å²) in [5.74, 6) is -0.153. The summed E-state index contributed by atoms with van der Waals surface area (Å²) in [5, 5.41) is 2.78. The molecule has 0 bridgehead atoms. The van der Waals surface area contributed by atoms with E-state index in [2.05, 4.69) is 26.0 Å². The maximum absolute atomic E-state index is 12.5. The molecular weight excluding hydrogens is 492 g/mol. The first-order valence-electron chi connectivity index (χ1n) is 8.85. The van der Waals surface area contributed by atoms with E-state index in [-0.39, 0.29) is 34.7 Å². The zero-order valence-corrected chi connectivity index (χ0v) is 18.8. The molecule has 0 spiro atoms. The molecule has 0 aliphatic carbocycles. The van der Waals surface area contributed by atoms with Crippen molar-refractivity contribution in [1.29, 1.82) is 0 Å². The lowest BCUT2D eigenvalue weighted by Gasteiger charge is -2.11. The van der Waals surface area contributed by atoms with Crippen LogP contribution in [-0.4, -0.2) is 20.9 Å². The molecule has 2 N–H and O–H groups in total. The summed E-state index contributed by atoms with van der Waals surface area (Å²) in [7, 11) is -3.75. The molecule has 0 radical (unpaired) electrons. The van der Waals surface area contributed by atoms with E-state index in [0.29, 0.717) is 5.69 Å². The van der Waals surface area contributed by atoms with Gasteiger partial charge in [-0.3, -0.25) is 4.79 Å². The third-order valence-corrected chi connectivity index (χ3v) is 6.23. The molecule has 0 saturated carbocycles. The minimum Gasteiger partial charge on any atom is -0.482 e. The molecule has 0 unspecified atom stereocenters. The van der Waals surface area contributed by atoms with Gasteiger partial charge in [-0.25, -0.2) is 13.1 Å². The molecule has 156 valence electrons. The Bertz CT molecular complexity index is 1120. The number of carbonyl (C=O) groups excluding carboxylic acids is 1. The SMILES string of the molecule is O=C(COc1ccc(S(=O)(=O)NCc2ccccc2)cc1Cl)Nc1ccc(Br)cc1. The monoisotopic (exact) mass is 508 g/mol. The third kappa shape index (κ3) is 6.30. The van der Waals surface area contributed by atoms with Gasteiger partial charge in [0.25, 0.3) is 5.91 Å². The first kappa shape index (κ1) is 22.3. The molecule has 3 aromatic rings. The van der Waals surface area contributed by atoms with E-state index in [4.69, 9.17) is 16.3 Å². The minimum absolute atomic E-state index is 0.00935. The van der Waals surface area contributed by atoms with Crippen LogP contribution in [0.15, 0.2) is 82.2 Å². The summed E-state index contributed by atoms with van der Waals surface area (Å²) in [6.45, 7) is -0.108. The van der Waals surface area contributed by atoms with Crippen LogP contribution in [0.3, 0.4) is 0 Å². The van der Waals surface area contributed by atoms with Crippen molar-refractivity contribution in [3.8, 4) is 5.75 Å². The van der Waals surface area contributed by atoms with Gasteiger partial charge in [0.15, 0.2) is 6.61 Å². The summed E-state index contributed by atoms with van der Waals surface area (Å²) in [6.07, 6.45) is 0. The summed E-state index contributed by atoms with van der Waals surface area (Å²) in [5.41, 5.74) is 1.47. The van der Waals surface area contributed by atoms with Crippen LogP contribution in [0.4, 0.5) is 5.69 Å². The number of anilines is 1. The van der Waals surface area contributed by atoms with Gasteiger partial charge in [0.2, 0.25) is 10.0 Å². The molecule has 0 saturated heterocycles. The maximum Gasteiger partial charge on any atom is 0.262 e. The van der Waals surface area contributed by atoms with E-state index >= 15 is 0 Å².